The van der Waals surface area contributed by atoms with Crippen molar-refractivity contribution in [3.05, 3.63) is 47.7 Å². The van der Waals surface area contributed by atoms with Gasteiger partial charge in [-0.1, -0.05) is 19.4 Å². The molecule has 2 atom stereocenters. The van der Waals surface area contributed by atoms with Crippen LogP contribution in [0.3, 0.4) is 0 Å². The Kier molecular flexibility index (Phi) is 5.05. The predicted molar refractivity (Wildman–Crippen MR) is 104 cm³/mol. The molecule has 3 aliphatic rings. The van der Waals surface area contributed by atoms with Crippen LogP contribution in [-0.2, 0) is 17.8 Å². The van der Waals surface area contributed by atoms with Crippen LogP contribution in [0.25, 0.3) is 0 Å². The first-order valence-corrected chi connectivity index (χ1v) is 9.94. The number of carbonyl (C=O) groups is 1. The second-order valence-electron chi connectivity index (χ2n) is 7.63. The van der Waals surface area contributed by atoms with Gasteiger partial charge in [0, 0.05) is 37.1 Å². The summed E-state index contributed by atoms with van der Waals surface area (Å²) >= 11 is 0. The van der Waals surface area contributed by atoms with Gasteiger partial charge in [-0.2, -0.15) is 0 Å². The number of aryl methyl sites for hydroxylation is 2. The number of nitrogens with zero attached hydrogens (tertiary/aromatic N) is 5. The lowest BCUT2D eigenvalue weighted by atomic mass is 9.94. The van der Waals surface area contributed by atoms with Crippen LogP contribution in [0.5, 0.6) is 0 Å². The fraction of sp³-hybridized carbons (Fsp3) is 0.524. The van der Waals surface area contributed by atoms with Gasteiger partial charge in [0.05, 0.1) is 18.2 Å². The van der Waals surface area contributed by atoms with Crippen molar-refractivity contribution in [3.63, 3.8) is 0 Å². The molecular weight excluding hydrogens is 338 g/mol. The lowest BCUT2D eigenvalue weighted by Gasteiger charge is -2.35. The molecule has 0 radical (unpaired) electrons. The van der Waals surface area contributed by atoms with Crippen LogP contribution in [0.4, 0.5) is 5.82 Å². The SMILES string of the molecule is CCCc1cc(N2C[C@@H]3CC[C@H](C2)N(Cc2ccccn2)C3=O)nc(C)n1. The Bertz CT molecular complexity index is 809. The maximum absolute atomic E-state index is 13.1. The van der Waals surface area contributed by atoms with Gasteiger partial charge in [-0.15, -0.1) is 0 Å². The van der Waals surface area contributed by atoms with Crippen molar-refractivity contribution in [1.29, 1.82) is 0 Å². The van der Waals surface area contributed by atoms with E-state index in [1.807, 2.05) is 30.0 Å². The first kappa shape index (κ1) is 17.9. The van der Waals surface area contributed by atoms with Gasteiger partial charge in [-0.05, 0) is 38.3 Å². The standard InChI is InChI=1S/C21H27N5O/c1-3-6-17-11-20(24-15(2)23-17)25-12-16-8-9-19(14-25)26(21(16)27)13-18-7-4-5-10-22-18/h4-5,7,10-11,16,19H,3,6,8-9,12-14H2,1-2H3/t16-,19+/m0/s1. The molecule has 0 unspecified atom stereocenters. The Labute approximate surface area is 160 Å². The van der Waals surface area contributed by atoms with Crippen molar-refractivity contribution in [2.45, 2.75) is 52.1 Å². The Morgan fingerprint density at radius 3 is 2.81 bits per heavy atom. The highest BCUT2D eigenvalue weighted by Crippen LogP contribution is 2.32. The van der Waals surface area contributed by atoms with Crippen LogP contribution in [0, 0.1) is 12.8 Å². The number of hydrogen-bond donors (Lipinski definition) is 0. The fourth-order valence-electron chi connectivity index (χ4n) is 4.26. The summed E-state index contributed by atoms with van der Waals surface area (Å²) in [6.45, 7) is 6.29. The van der Waals surface area contributed by atoms with E-state index < -0.39 is 0 Å². The number of rotatable bonds is 5. The molecule has 5 heterocycles. The molecule has 3 fully saturated rings. The first-order chi connectivity index (χ1) is 13.1. The van der Waals surface area contributed by atoms with Gasteiger partial charge in [0.1, 0.15) is 11.6 Å². The molecular formula is C21H27N5O. The normalized spacial score (nSPS) is 22.2. The maximum atomic E-state index is 13.1. The van der Waals surface area contributed by atoms with Gasteiger partial charge < -0.3 is 9.80 Å². The number of hydrogen-bond acceptors (Lipinski definition) is 5. The summed E-state index contributed by atoms with van der Waals surface area (Å²) in [5.41, 5.74) is 2.04. The zero-order valence-corrected chi connectivity index (χ0v) is 16.1. The molecule has 2 aromatic rings. The van der Waals surface area contributed by atoms with Crippen molar-refractivity contribution in [2.75, 3.05) is 18.0 Å². The van der Waals surface area contributed by atoms with Crippen LogP contribution >= 0.6 is 0 Å². The summed E-state index contributed by atoms with van der Waals surface area (Å²) in [6, 6.07) is 8.20. The molecule has 6 nitrogen and oxygen atoms in total. The summed E-state index contributed by atoms with van der Waals surface area (Å²) < 4.78 is 0. The monoisotopic (exact) mass is 365 g/mol. The predicted octanol–water partition coefficient (Wildman–Crippen LogP) is 2.76. The average molecular weight is 365 g/mol. The first-order valence-electron chi connectivity index (χ1n) is 9.94. The molecule has 6 heteroatoms. The van der Waals surface area contributed by atoms with Crippen LogP contribution in [-0.4, -0.2) is 44.9 Å². The summed E-state index contributed by atoms with van der Waals surface area (Å²) in [5, 5.41) is 0. The van der Waals surface area contributed by atoms with Crippen LogP contribution in [0.15, 0.2) is 30.5 Å². The molecule has 5 rings (SSSR count). The Morgan fingerprint density at radius 2 is 2.04 bits per heavy atom. The fourth-order valence-corrected chi connectivity index (χ4v) is 4.26. The van der Waals surface area contributed by atoms with E-state index in [4.69, 9.17) is 0 Å². The van der Waals surface area contributed by atoms with Crippen molar-refractivity contribution >= 4 is 11.7 Å². The quantitative estimate of drug-likeness (QED) is 0.815. The van der Waals surface area contributed by atoms with Crippen molar-refractivity contribution in [3.8, 4) is 0 Å². The lowest BCUT2D eigenvalue weighted by molar-refractivity contribution is -0.140. The number of anilines is 1. The minimum Gasteiger partial charge on any atom is -0.354 e. The highest BCUT2D eigenvalue weighted by Gasteiger charge is 2.41. The number of piperidine rings is 1. The third kappa shape index (κ3) is 3.80. The second kappa shape index (κ2) is 7.62. The van der Waals surface area contributed by atoms with E-state index in [0.29, 0.717) is 6.54 Å². The van der Waals surface area contributed by atoms with Crippen LogP contribution in [0.1, 0.15) is 43.4 Å². The van der Waals surface area contributed by atoms with E-state index in [1.54, 1.807) is 6.20 Å². The highest BCUT2D eigenvalue weighted by atomic mass is 16.2. The molecule has 3 aliphatic heterocycles. The molecule has 0 saturated carbocycles. The Hall–Kier alpha value is -2.50. The van der Waals surface area contributed by atoms with Crippen molar-refractivity contribution in [1.82, 2.24) is 19.9 Å². The summed E-state index contributed by atoms with van der Waals surface area (Å²) in [5.74, 6) is 2.08. The molecule has 0 aliphatic carbocycles. The summed E-state index contributed by atoms with van der Waals surface area (Å²) in [4.78, 5) is 31.1. The van der Waals surface area contributed by atoms with E-state index >= 15 is 0 Å². The third-order valence-corrected chi connectivity index (χ3v) is 5.56. The second-order valence-corrected chi connectivity index (χ2v) is 7.63. The lowest BCUT2D eigenvalue weighted by Crippen LogP contribution is -2.47. The molecule has 0 N–H and O–H groups in total. The summed E-state index contributed by atoms with van der Waals surface area (Å²) in [7, 11) is 0. The van der Waals surface area contributed by atoms with E-state index in [-0.39, 0.29) is 17.9 Å². The van der Waals surface area contributed by atoms with Gasteiger partial charge in [-0.25, -0.2) is 9.97 Å². The molecule has 3 saturated heterocycles. The van der Waals surface area contributed by atoms with Crippen LogP contribution in [0.2, 0.25) is 0 Å². The van der Waals surface area contributed by atoms with Gasteiger partial charge in [-0.3, -0.25) is 9.78 Å². The molecule has 0 aromatic carbocycles. The molecule has 1 amide bonds. The third-order valence-electron chi connectivity index (χ3n) is 5.56. The largest absolute Gasteiger partial charge is 0.354 e. The molecule has 27 heavy (non-hydrogen) atoms. The Morgan fingerprint density at radius 1 is 1.15 bits per heavy atom. The zero-order valence-electron chi connectivity index (χ0n) is 16.1. The molecule has 0 spiro atoms. The van der Waals surface area contributed by atoms with Gasteiger partial charge in [0.25, 0.3) is 0 Å². The highest BCUT2D eigenvalue weighted by molar-refractivity contribution is 5.81. The van der Waals surface area contributed by atoms with Crippen LogP contribution < -0.4 is 4.90 Å². The van der Waals surface area contributed by atoms with Crippen molar-refractivity contribution < 1.29 is 4.79 Å². The van der Waals surface area contributed by atoms with E-state index in [2.05, 4.69) is 32.8 Å². The average Bonchev–Trinajstić information content (AvgIpc) is 2.95. The van der Waals surface area contributed by atoms with Gasteiger partial charge in [0.2, 0.25) is 5.91 Å². The number of carbonyl (C=O) groups excluding carboxylic acids is 1. The maximum Gasteiger partial charge on any atom is 0.228 e. The van der Waals surface area contributed by atoms with E-state index in [1.165, 1.54) is 0 Å². The number of amides is 1. The molecule has 142 valence electrons. The van der Waals surface area contributed by atoms with Gasteiger partial charge in [0.15, 0.2) is 0 Å². The summed E-state index contributed by atoms with van der Waals surface area (Å²) in [6.07, 6.45) is 5.83. The minimum atomic E-state index is 0.0392. The topological polar surface area (TPSA) is 62.2 Å². The van der Waals surface area contributed by atoms with Crippen molar-refractivity contribution in [2.24, 2.45) is 5.92 Å². The number of fused-ring (bicyclic) bond motifs is 4. The van der Waals surface area contributed by atoms with Gasteiger partial charge >= 0.3 is 0 Å². The Balaban J connectivity index is 1.58. The smallest absolute Gasteiger partial charge is 0.228 e. The number of aromatic nitrogens is 3. The number of pyridine rings is 1. The zero-order chi connectivity index (χ0) is 18.8. The van der Waals surface area contributed by atoms with E-state index in [9.17, 15) is 4.79 Å². The minimum absolute atomic E-state index is 0.0392. The molecule has 2 aromatic heterocycles. The molecule has 2 bridgehead atoms. The van der Waals surface area contributed by atoms with E-state index in [0.717, 1.165) is 61.8 Å².